The molecule has 0 radical (unpaired) electrons. The van der Waals surface area contributed by atoms with Gasteiger partial charge in [-0.2, -0.15) is 13.2 Å². The van der Waals surface area contributed by atoms with Gasteiger partial charge in [0.25, 0.3) is 5.78 Å². The number of hydrogen-bond acceptors (Lipinski definition) is 7. The number of carbonyl (C=O) groups excluding carboxylic acids is 1. The summed E-state index contributed by atoms with van der Waals surface area (Å²) in [4.78, 5) is 15.2. The Morgan fingerprint density at radius 1 is 0.750 bits per heavy atom. The van der Waals surface area contributed by atoms with Crippen molar-refractivity contribution >= 4 is 26.5 Å². The Balaban J connectivity index is 1.62. The standard InChI is InChI=1S/C34H30N2O7S/c1-18-12-23(13-19(2)32(18)37)31(24-14-20(3)33(38)21(4)15-24)22-10-11-28(29(16-22)42-5)43-44(40,41)30-17-27(36-35)34(39)26-9-7-6-8-25(26)30/h6-17,31,37-38H,1-5H3. The second-order valence-electron chi connectivity index (χ2n) is 10.8. The lowest BCUT2D eigenvalue weighted by Gasteiger charge is -2.23. The normalized spacial score (nSPS) is 12.9. The van der Waals surface area contributed by atoms with E-state index in [-0.39, 0.29) is 44.9 Å². The van der Waals surface area contributed by atoms with E-state index in [1.165, 1.54) is 25.3 Å². The lowest BCUT2D eigenvalue weighted by molar-refractivity contribution is -0.00437. The highest BCUT2D eigenvalue weighted by Crippen LogP contribution is 2.42. The molecule has 4 aromatic carbocycles. The maximum Gasteiger partial charge on any atom is 0.364 e. The molecule has 5 rings (SSSR count). The molecule has 44 heavy (non-hydrogen) atoms. The first-order valence-electron chi connectivity index (χ1n) is 13.7. The smallest absolute Gasteiger partial charge is 0.364 e. The van der Waals surface area contributed by atoms with Crippen LogP contribution >= 0.6 is 0 Å². The van der Waals surface area contributed by atoms with Crippen molar-refractivity contribution in [3.8, 4) is 23.0 Å². The number of aryl methyl sites for hydroxylation is 4. The van der Waals surface area contributed by atoms with E-state index in [1.807, 2.05) is 52.0 Å². The molecule has 0 atom stereocenters. The number of benzene rings is 4. The van der Waals surface area contributed by atoms with Crippen molar-refractivity contribution in [2.24, 2.45) is 0 Å². The summed E-state index contributed by atoms with van der Waals surface area (Å²) >= 11 is 0. The van der Waals surface area contributed by atoms with E-state index >= 15 is 0 Å². The minimum atomic E-state index is -4.54. The van der Waals surface area contributed by atoms with Crippen molar-refractivity contribution < 1.29 is 37.1 Å². The van der Waals surface area contributed by atoms with Crippen LogP contribution in [0.1, 0.15) is 60.8 Å². The Labute approximate surface area is 255 Å². The minimum absolute atomic E-state index is 0.0640. The summed E-state index contributed by atoms with van der Waals surface area (Å²) in [7, 11) is -3.15. The Hall–Kier alpha value is -5.18. The van der Waals surface area contributed by atoms with Gasteiger partial charge in [-0.15, -0.1) is 0 Å². The molecule has 9 nitrogen and oxygen atoms in total. The quantitative estimate of drug-likeness (QED) is 0.111. The molecule has 224 valence electrons. The number of carbonyl (C=O) groups is 1. The number of Topliss-reactive ketones (excluding diaryl/α,β-unsaturated/α-hetero) is 1. The number of allylic oxidation sites excluding steroid dienone is 1. The second kappa shape index (κ2) is 11.5. The minimum Gasteiger partial charge on any atom is -0.507 e. The molecular weight excluding hydrogens is 580 g/mol. The molecule has 1 aliphatic carbocycles. The van der Waals surface area contributed by atoms with Gasteiger partial charge < -0.3 is 24.7 Å². The number of methoxy groups -OCH3 is 1. The molecule has 0 spiro atoms. The van der Waals surface area contributed by atoms with Crippen LogP contribution in [-0.4, -0.2) is 42.0 Å². The SMILES string of the molecule is COc1cc(C(c2cc(C)c(O)c(C)c2)c2cc(C)c(O)c(C)c2)ccc1OS(=O)(=O)C1=CC(=[N+]=[N-])C(=O)c2ccccc21. The summed E-state index contributed by atoms with van der Waals surface area (Å²) in [6.07, 6.45) is 0.974. The lowest BCUT2D eigenvalue weighted by Crippen LogP contribution is -2.24. The third-order valence-electron chi connectivity index (χ3n) is 7.73. The third kappa shape index (κ3) is 5.37. The van der Waals surface area contributed by atoms with E-state index in [1.54, 1.807) is 24.3 Å². The molecule has 1 aliphatic rings. The van der Waals surface area contributed by atoms with Crippen LogP contribution in [-0.2, 0) is 10.1 Å². The molecule has 0 unspecified atom stereocenters. The van der Waals surface area contributed by atoms with Crippen LogP contribution < -0.4 is 8.92 Å². The van der Waals surface area contributed by atoms with Crippen LogP contribution in [0.5, 0.6) is 23.0 Å². The fraction of sp³-hybridized carbons (Fsp3) is 0.176. The number of ether oxygens (including phenoxy) is 1. The van der Waals surface area contributed by atoms with Crippen LogP contribution in [0.2, 0.25) is 0 Å². The molecule has 0 fully saturated rings. The van der Waals surface area contributed by atoms with Crippen molar-refractivity contribution in [3.05, 3.63) is 128 Å². The van der Waals surface area contributed by atoms with Crippen LogP contribution in [0.15, 0.2) is 72.8 Å². The number of ketones is 1. The van der Waals surface area contributed by atoms with Gasteiger partial charge in [-0.25, -0.2) is 0 Å². The highest BCUT2D eigenvalue weighted by molar-refractivity contribution is 7.96. The summed E-state index contributed by atoms with van der Waals surface area (Å²) in [6.45, 7) is 7.27. The summed E-state index contributed by atoms with van der Waals surface area (Å²) in [5, 5.41) is 20.9. The van der Waals surface area contributed by atoms with E-state index in [0.717, 1.165) is 22.8 Å². The average molecular weight is 611 g/mol. The van der Waals surface area contributed by atoms with Gasteiger partial charge in [0, 0.05) is 17.0 Å². The fourth-order valence-corrected chi connectivity index (χ4v) is 6.73. The monoisotopic (exact) mass is 610 g/mol. The zero-order chi connectivity index (χ0) is 31.9. The van der Waals surface area contributed by atoms with Gasteiger partial charge in [-0.05, 0) is 78.8 Å². The average Bonchev–Trinajstić information content (AvgIpc) is 2.99. The first-order valence-corrected chi connectivity index (χ1v) is 15.1. The first kappa shape index (κ1) is 30.3. The number of rotatable bonds is 7. The molecule has 0 saturated heterocycles. The molecule has 4 aromatic rings. The maximum atomic E-state index is 13.6. The molecule has 0 heterocycles. The summed E-state index contributed by atoms with van der Waals surface area (Å²) < 4.78 is 38.3. The van der Waals surface area contributed by atoms with Gasteiger partial charge in [-0.3, -0.25) is 4.79 Å². The highest BCUT2D eigenvalue weighted by Gasteiger charge is 2.36. The number of hydrogen-bond donors (Lipinski definition) is 2. The molecule has 0 aromatic heterocycles. The molecular formula is C34H30N2O7S. The zero-order valence-electron chi connectivity index (χ0n) is 24.7. The first-order chi connectivity index (χ1) is 20.9. The number of phenols is 2. The van der Waals surface area contributed by atoms with Crippen molar-refractivity contribution in [2.45, 2.75) is 33.6 Å². The van der Waals surface area contributed by atoms with Crippen LogP contribution in [0.25, 0.3) is 10.4 Å². The van der Waals surface area contributed by atoms with Gasteiger partial charge in [0.05, 0.1) is 13.2 Å². The topological polar surface area (TPSA) is 147 Å². The number of aromatic hydroxyl groups is 2. The second-order valence-corrected chi connectivity index (χ2v) is 12.3. The van der Waals surface area contributed by atoms with E-state index in [2.05, 4.69) is 4.79 Å². The number of phenolic OH excluding ortho intramolecular Hbond substituents is 2. The van der Waals surface area contributed by atoms with Crippen molar-refractivity contribution in [2.75, 3.05) is 7.11 Å². The van der Waals surface area contributed by atoms with E-state index in [4.69, 9.17) is 8.92 Å². The van der Waals surface area contributed by atoms with Gasteiger partial charge in [0.2, 0.25) is 0 Å². The van der Waals surface area contributed by atoms with E-state index in [0.29, 0.717) is 22.3 Å². The van der Waals surface area contributed by atoms with Gasteiger partial charge in [0.15, 0.2) is 11.5 Å². The fourth-order valence-electron chi connectivity index (χ4n) is 5.57. The van der Waals surface area contributed by atoms with Gasteiger partial charge in [0.1, 0.15) is 16.4 Å². The molecule has 0 bridgehead atoms. The molecule has 2 N–H and O–H groups in total. The lowest BCUT2D eigenvalue weighted by atomic mass is 9.82. The Morgan fingerprint density at radius 2 is 1.27 bits per heavy atom. The Morgan fingerprint density at radius 3 is 1.77 bits per heavy atom. The summed E-state index contributed by atoms with van der Waals surface area (Å²) in [5.41, 5.74) is 14.4. The molecule has 10 heteroatoms. The largest absolute Gasteiger partial charge is 0.507 e. The molecule has 0 aliphatic heterocycles. The van der Waals surface area contributed by atoms with Crippen LogP contribution in [0.4, 0.5) is 0 Å². The Kier molecular flexibility index (Phi) is 7.90. The van der Waals surface area contributed by atoms with E-state index in [9.17, 15) is 29.0 Å². The number of nitrogens with zero attached hydrogens (tertiary/aromatic N) is 2. The van der Waals surface area contributed by atoms with Gasteiger partial charge >= 0.3 is 15.8 Å². The van der Waals surface area contributed by atoms with Crippen LogP contribution in [0.3, 0.4) is 0 Å². The summed E-state index contributed by atoms with van der Waals surface area (Å²) in [5.74, 6) is -0.558. The van der Waals surface area contributed by atoms with Crippen molar-refractivity contribution in [1.82, 2.24) is 0 Å². The zero-order valence-corrected chi connectivity index (χ0v) is 25.6. The van der Waals surface area contributed by atoms with Crippen molar-refractivity contribution in [1.29, 1.82) is 0 Å². The third-order valence-corrected chi connectivity index (χ3v) is 9.00. The maximum absolute atomic E-state index is 13.6. The van der Waals surface area contributed by atoms with Crippen LogP contribution in [0, 0.1) is 27.7 Å². The molecule has 0 saturated carbocycles. The van der Waals surface area contributed by atoms with E-state index < -0.39 is 21.6 Å². The number of fused-ring (bicyclic) bond motifs is 1. The predicted octanol–water partition coefficient (Wildman–Crippen LogP) is 6.14. The predicted molar refractivity (Wildman–Crippen MR) is 166 cm³/mol. The Bertz CT molecular complexity index is 1940. The highest BCUT2D eigenvalue weighted by atomic mass is 32.2. The summed E-state index contributed by atoms with van der Waals surface area (Å²) in [6, 6.07) is 18.5. The molecule has 0 amide bonds. The van der Waals surface area contributed by atoms with Gasteiger partial charge in [-0.1, -0.05) is 54.6 Å². The van der Waals surface area contributed by atoms with Crippen molar-refractivity contribution in [3.63, 3.8) is 0 Å².